The first-order chi connectivity index (χ1) is 12.7. The van der Waals surface area contributed by atoms with E-state index in [0.29, 0.717) is 24.3 Å². The average Bonchev–Trinajstić information content (AvgIpc) is 3.11. The summed E-state index contributed by atoms with van der Waals surface area (Å²) < 4.78 is 1.86. The van der Waals surface area contributed by atoms with Crippen LogP contribution in [0.5, 0.6) is 0 Å². The van der Waals surface area contributed by atoms with Crippen molar-refractivity contribution in [2.24, 2.45) is 0 Å². The molecular weight excluding hydrogens is 326 g/mol. The van der Waals surface area contributed by atoms with Crippen LogP contribution in [0.3, 0.4) is 0 Å². The zero-order valence-corrected chi connectivity index (χ0v) is 14.5. The van der Waals surface area contributed by atoms with Crippen molar-refractivity contribution in [1.29, 1.82) is 0 Å². The second-order valence-electron chi connectivity index (χ2n) is 6.33. The van der Waals surface area contributed by atoms with E-state index in [1.54, 1.807) is 6.07 Å². The molecule has 4 rings (SSSR count). The lowest BCUT2D eigenvalue weighted by molar-refractivity contribution is 0.310. The van der Waals surface area contributed by atoms with Crippen molar-refractivity contribution in [3.05, 3.63) is 88.7 Å². The predicted octanol–water partition coefficient (Wildman–Crippen LogP) is 2.74. The van der Waals surface area contributed by atoms with E-state index in [9.17, 15) is 4.79 Å². The maximum Gasteiger partial charge on any atom is 0.258 e. The normalized spacial score (nSPS) is 11.3. The van der Waals surface area contributed by atoms with Gasteiger partial charge in [0.15, 0.2) is 0 Å². The molecule has 0 atom stereocenters. The Morgan fingerprint density at radius 1 is 1.04 bits per heavy atom. The molecule has 0 bridgehead atoms. The zero-order chi connectivity index (χ0) is 17.9. The molecule has 0 spiro atoms. The molecule has 0 amide bonds. The summed E-state index contributed by atoms with van der Waals surface area (Å²) in [5.74, 6) is 0.659. The number of rotatable bonds is 5. The van der Waals surface area contributed by atoms with Crippen LogP contribution in [0.25, 0.3) is 16.6 Å². The van der Waals surface area contributed by atoms with Crippen molar-refractivity contribution < 1.29 is 0 Å². The zero-order valence-electron chi connectivity index (χ0n) is 14.5. The highest BCUT2D eigenvalue weighted by atomic mass is 16.1. The van der Waals surface area contributed by atoms with Crippen LogP contribution in [0.1, 0.15) is 11.4 Å². The van der Waals surface area contributed by atoms with Crippen LogP contribution < -0.4 is 5.56 Å². The standard InChI is InChI=1S/C20H19N5O/c1-24(12-15-11-21-25(13-15)16-7-3-2-4-8-16)14-19-22-18-10-6-5-9-17(18)20(26)23-19/h2-11,13H,12,14H2,1H3,(H,22,23,26). The monoisotopic (exact) mass is 345 g/mol. The van der Waals surface area contributed by atoms with Crippen molar-refractivity contribution in [2.45, 2.75) is 13.1 Å². The summed E-state index contributed by atoms with van der Waals surface area (Å²) in [5, 5.41) is 5.03. The van der Waals surface area contributed by atoms with Gasteiger partial charge in [0, 0.05) is 18.3 Å². The third-order valence-corrected chi connectivity index (χ3v) is 4.19. The summed E-state index contributed by atoms with van der Waals surface area (Å²) in [5.41, 5.74) is 2.74. The Morgan fingerprint density at radius 2 is 1.81 bits per heavy atom. The van der Waals surface area contributed by atoms with Crippen molar-refractivity contribution in [2.75, 3.05) is 7.05 Å². The molecule has 4 aromatic rings. The minimum absolute atomic E-state index is 0.101. The van der Waals surface area contributed by atoms with Gasteiger partial charge in [-0.25, -0.2) is 9.67 Å². The second-order valence-corrected chi connectivity index (χ2v) is 6.33. The van der Waals surface area contributed by atoms with Crippen LogP contribution in [-0.4, -0.2) is 31.7 Å². The molecule has 0 aliphatic heterocycles. The molecule has 0 unspecified atom stereocenters. The lowest BCUT2D eigenvalue weighted by Gasteiger charge is -2.15. The summed E-state index contributed by atoms with van der Waals surface area (Å²) in [6, 6.07) is 17.4. The Bertz CT molecular complexity index is 1080. The number of para-hydroxylation sites is 2. The first kappa shape index (κ1) is 16.2. The number of H-pyrrole nitrogens is 1. The summed E-state index contributed by atoms with van der Waals surface area (Å²) in [6.45, 7) is 1.26. The summed E-state index contributed by atoms with van der Waals surface area (Å²) in [6.07, 6.45) is 3.88. The lowest BCUT2D eigenvalue weighted by atomic mass is 10.2. The molecule has 0 aliphatic rings. The topological polar surface area (TPSA) is 66.8 Å². The van der Waals surface area contributed by atoms with E-state index in [0.717, 1.165) is 16.8 Å². The summed E-state index contributed by atoms with van der Waals surface area (Å²) in [4.78, 5) is 21.7. The van der Waals surface area contributed by atoms with E-state index < -0.39 is 0 Å². The Balaban J connectivity index is 1.48. The number of hydrogen-bond donors (Lipinski definition) is 1. The summed E-state index contributed by atoms with van der Waals surface area (Å²) in [7, 11) is 2.00. The van der Waals surface area contributed by atoms with Crippen LogP contribution in [0.2, 0.25) is 0 Å². The number of nitrogens with zero attached hydrogens (tertiary/aromatic N) is 4. The highest BCUT2D eigenvalue weighted by Crippen LogP contribution is 2.11. The number of benzene rings is 2. The second kappa shape index (κ2) is 6.93. The van der Waals surface area contributed by atoms with Crippen LogP contribution >= 0.6 is 0 Å². The van der Waals surface area contributed by atoms with Gasteiger partial charge in [0.2, 0.25) is 0 Å². The molecular formula is C20H19N5O. The molecule has 0 saturated heterocycles. The molecule has 0 fully saturated rings. The van der Waals surface area contributed by atoms with Crippen molar-refractivity contribution >= 4 is 10.9 Å². The average molecular weight is 345 g/mol. The van der Waals surface area contributed by atoms with Gasteiger partial charge in [-0.15, -0.1) is 0 Å². The van der Waals surface area contributed by atoms with Crippen LogP contribution in [0.15, 0.2) is 71.8 Å². The van der Waals surface area contributed by atoms with E-state index in [4.69, 9.17) is 0 Å². The third-order valence-electron chi connectivity index (χ3n) is 4.19. The molecule has 26 heavy (non-hydrogen) atoms. The fourth-order valence-corrected chi connectivity index (χ4v) is 3.00. The highest BCUT2D eigenvalue weighted by molar-refractivity contribution is 5.77. The minimum atomic E-state index is -0.101. The maximum absolute atomic E-state index is 12.2. The van der Waals surface area contributed by atoms with Gasteiger partial charge in [-0.2, -0.15) is 5.10 Å². The molecule has 0 saturated carbocycles. The molecule has 6 heteroatoms. The summed E-state index contributed by atoms with van der Waals surface area (Å²) >= 11 is 0. The minimum Gasteiger partial charge on any atom is -0.309 e. The smallest absolute Gasteiger partial charge is 0.258 e. The van der Waals surface area contributed by atoms with E-state index in [1.807, 2.05) is 72.7 Å². The molecule has 2 aromatic carbocycles. The molecule has 0 aliphatic carbocycles. The fourth-order valence-electron chi connectivity index (χ4n) is 3.00. The van der Waals surface area contributed by atoms with E-state index in [-0.39, 0.29) is 5.56 Å². The van der Waals surface area contributed by atoms with Crippen molar-refractivity contribution in [3.8, 4) is 5.69 Å². The number of nitrogens with one attached hydrogen (secondary N) is 1. The molecule has 0 radical (unpaired) electrons. The molecule has 130 valence electrons. The third kappa shape index (κ3) is 3.41. The number of aromatic nitrogens is 4. The van der Waals surface area contributed by atoms with Gasteiger partial charge in [0.1, 0.15) is 5.82 Å². The maximum atomic E-state index is 12.2. The number of fused-ring (bicyclic) bond motifs is 1. The van der Waals surface area contributed by atoms with Gasteiger partial charge in [-0.1, -0.05) is 30.3 Å². The molecule has 1 N–H and O–H groups in total. The van der Waals surface area contributed by atoms with Crippen LogP contribution in [0, 0.1) is 0 Å². The quantitative estimate of drug-likeness (QED) is 0.604. The Labute approximate surface area is 150 Å². The van der Waals surface area contributed by atoms with Gasteiger partial charge in [0.05, 0.1) is 29.3 Å². The van der Waals surface area contributed by atoms with E-state index in [2.05, 4.69) is 20.0 Å². The highest BCUT2D eigenvalue weighted by Gasteiger charge is 2.08. The first-order valence-corrected chi connectivity index (χ1v) is 8.44. The van der Waals surface area contributed by atoms with Gasteiger partial charge >= 0.3 is 0 Å². The van der Waals surface area contributed by atoms with Gasteiger partial charge in [-0.05, 0) is 31.3 Å². The Kier molecular flexibility index (Phi) is 4.33. The van der Waals surface area contributed by atoms with Crippen molar-refractivity contribution in [3.63, 3.8) is 0 Å². The lowest BCUT2D eigenvalue weighted by Crippen LogP contribution is -2.21. The van der Waals surface area contributed by atoms with Gasteiger partial charge < -0.3 is 4.98 Å². The largest absolute Gasteiger partial charge is 0.309 e. The van der Waals surface area contributed by atoms with Crippen molar-refractivity contribution in [1.82, 2.24) is 24.6 Å². The van der Waals surface area contributed by atoms with Gasteiger partial charge in [0.25, 0.3) is 5.56 Å². The first-order valence-electron chi connectivity index (χ1n) is 8.44. The predicted molar refractivity (Wildman–Crippen MR) is 101 cm³/mol. The van der Waals surface area contributed by atoms with Gasteiger partial charge in [-0.3, -0.25) is 9.69 Å². The number of aromatic amines is 1. The SMILES string of the molecule is CN(Cc1cnn(-c2ccccc2)c1)Cc1nc2ccccc2c(=O)[nH]1. The Hall–Kier alpha value is -3.25. The van der Waals surface area contributed by atoms with Crippen LogP contribution in [-0.2, 0) is 13.1 Å². The number of hydrogen-bond acceptors (Lipinski definition) is 4. The Morgan fingerprint density at radius 3 is 2.65 bits per heavy atom. The van der Waals surface area contributed by atoms with E-state index >= 15 is 0 Å². The molecule has 6 nitrogen and oxygen atoms in total. The molecule has 2 heterocycles. The van der Waals surface area contributed by atoms with E-state index in [1.165, 1.54) is 0 Å². The molecule has 2 aromatic heterocycles. The fraction of sp³-hybridized carbons (Fsp3) is 0.150. The van der Waals surface area contributed by atoms with Crippen LogP contribution in [0.4, 0.5) is 0 Å².